The zero-order chi connectivity index (χ0) is 19.6. The standard InChI is InChI=1S/C19H13FN2O5/c1-12-7-5-6-10-14(12)16(23)22-17(24)15(20)11-21(18(22)25)19(26)27-13-8-3-2-4-9-13/h2-11H,1H3. The molecule has 0 aliphatic rings. The van der Waals surface area contributed by atoms with E-state index in [0.29, 0.717) is 11.8 Å². The number of halogens is 1. The third kappa shape index (κ3) is 3.45. The van der Waals surface area contributed by atoms with Crippen molar-refractivity contribution in [3.05, 3.63) is 98.6 Å². The van der Waals surface area contributed by atoms with E-state index in [0.717, 1.165) is 0 Å². The van der Waals surface area contributed by atoms with E-state index in [2.05, 4.69) is 0 Å². The van der Waals surface area contributed by atoms with Crippen molar-refractivity contribution in [1.29, 1.82) is 0 Å². The molecule has 27 heavy (non-hydrogen) atoms. The second-order valence-electron chi connectivity index (χ2n) is 5.57. The topological polar surface area (TPSA) is 87.4 Å². The number of nitrogens with zero attached hydrogens (tertiary/aromatic N) is 2. The Hall–Kier alpha value is -3.81. The van der Waals surface area contributed by atoms with Crippen molar-refractivity contribution in [2.45, 2.75) is 6.92 Å². The molecule has 3 rings (SSSR count). The molecule has 0 atom stereocenters. The molecular formula is C19H13FN2O5. The zero-order valence-corrected chi connectivity index (χ0v) is 14.1. The molecule has 1 heterocycles. The minimum absolute atomic E-state index is 0.0327. The number of ether oxygens (including phenoxy) is 1. The number of hydrogen-bond acceptors (Lipinski definition) is 5. The van der Waals surface area contributed by atoms with E-state index >= 15 is 0 Å². The van der Waals surface area contributed by atoms with Crippen LogP contribution < -0.4 is 16.0 Å². The third-order valence-corrected chi connectivity index (χ3v) is 3.77. The molecule has 7 nitrogen and oxygen atoms in total. The fourth-order valence-corrected chi connectivity index (χ4v) is 2.41. The number of carbonyl (C=O) groups excluding carboxylic acids is 2. The van der Waals surface area contributed by atoms with E-state index in [1.165, 1.54) is 24.3 Å². The number of carbonyl (C=O) groups is 2. The van der Waals surface area contributed by atoms with Gasteiger partial charge in [-0.3, -0.25) is 9.59 Å². The van der Waals surface area contributed by atoms with Gasteiger partial charge < -0.3 is 4.74 Å². The first-order chi connectivity index (χ1) is 12.9. The molecule has 0 amide bonds. The molecule has 2 aromatic carbocycles. The molecule has 0 bridgehead atoms. The molecule has 3 aromatic rings. The van der Waals surface area contributed by atoms with Crippen molar-refractivity contribution >= 4 is 12.0 Å². The Labute approximate surface area is 151 Å². The highest BCUT2D eigenvalue weighted by Gasteiger charge is 2.23. The van der Waals surface area contributed by atoms with Crippen molar-refractivity contribution < 1.29 is 18.7 Å². The van der Waals surface area contributed by atoms with Crippen LogP contribution in [0.15, 0.2) is 70.4 Å². The van der Waals surface area contributed by atoms with Gasteiger partial charge in [0.25, 0.3) is 11.5 Å². The number of para-hydroxylation sites is 1. The Kier molecular flexibility index (Phi) is 4.80. The summed E-state index contributed by atoms with van der Waals surface area (Å²) in [7, 11) is 0. The predicted molar refractivity (Wildman–Crippen MR) is 93.7 cm³/mol. The first-order valence-corrected chi connectivity index (χ1v) is 7.82. The lowest BCUT2D eigenvalue weighted by atomic mass is 10.1. The molecule has 0 N–H and O–H groups in total. The summed E-state index contributed by atoms with van der Waals surface area (Å²) < 4.78 is 19.3. The van der Waals surface area contributed by atoms with Gasteiger partial charge in [0.1, 0.15) is 5.75 Å². The fraction of sp³-hybridized carbons (Fsp3) is 0.0526. The van der Waals surface area contributed by atoms with Gasteiger partial charge in [-0.15, -0.1) is 0 Å². The summed E-state index contributed by atoms with van der Waals surface area (Å²) >= 11 is 0. The lowest BCUT2D eigenvalue weighted by Gasteiger charge is -2.10. The predicted octanol–water partition coefficient (Wildman–Crippen LogP) is 2.19. The second-order valence-corrected chi connectivity index (χ2v) is 5.57. The third-order valence-electron chi connectivity index (χ3n) is 3.77. The lowest BCUT2D eigenvalue weighted by molar-refractivity contribution is 0.0946. The lowest BCUT2D eigenvalue weighted by Crippen LogP contribution is -2.47. The molecule has 0 unspecified atom stereocenters. The summed E-state index contributed by atoms with van der Waals surface area (Å²) in [6, 6.07) is 14.0. The molecular weight excluding hydrogens is 355 g/mol. The highest BCUT2D eigenvalue weighted by molar-refractivity contribution is 5.97. The SMILES string of the molecule is Cc1ccccc1C(=O)n1c(=O)c(F)cn(C(=O)Oc2ccccc2)c1=O. The number of rotatable bonds is 2. The maximum atomic E-state index is 14.0. The van der Waals surface area contributed by atoms with Gasteiger partial charge in [-0.2, -0.15) is 13.5 Å². The van der Waals surface area contributed by atoms with Crippen molar-refractivity contribution in [3.63, 3.8) is 0 Å². The van der Waals surface area contributed by atoms with Gasteiger partial charge in [-0.05, 0) is 30.7 Å². The smallest absolute Gasteiger partial charge is 0.410 e. The molecule has 0 saturated carbocycles. The van der Waals surface area contributed by atoms with Gasteiger partial charge in [-0.25, -0.2) is 9.59 Å². The van der Waals surface area contributed by atoms with Crippen LogP contribution in [-0.2, 0) is 0 Å². The number of aryl methyl sites for hydroxylation is 1. The molecule has 136 valence electrons. The Morgan fingerprint density at radius 2 is 1.59 bits per heavy atom. The summed E-state index contributed by atoms with van der Waals surface area (Å²) in [5, 5.41) is 0. The summed E-state index contributed by atoms with van der Waals surface area (Å²) in [6.07, 6.45) is -0.853. The van der Waals surface area contributed by atoms with E-state index < -0.39 is 29.1 Å². The zero-order valence-electron chi connectivity index (χ0n) is 14.1. The van der Waals surface area contributed by atoms with E-state index in [1.54, 1.807) is 37.3 Å². The number of hydrogen-bond donors (Lipinski definition) is 0. The normalized spacial score (nSPS) is 10.4. The maximum absolute atomic E-state index is 14.0. The van der Waals surface area contributed by atoms with Gasteiger partial charge in [0.05, 0.1) is 6.20 Å². The van der Waals surface area contributed by atoms with Crippen LogP contribution in [0.2, 0.25) is 0 Å². The molecule has 0 aliphatic heterocycles. The number of benzene rings is 2. The molecule has 0 radical (unpaired) electrons. The minimum Gasteiger partial charge on any atom is -0.410 e. The molecule has 0 aliphatic carbocycles. The summed E-state index contributed by atoms with van der Waals surface area (Å²) in [5.74, 6) is -2.37. The van der Waals surface area contributed by atoms with Gasteiger partial charge in [0, 0.05) is 5.56 Å². The Morgan fingerprint density at radius 3 is 2.26 bits per heavy atom. The molecule has 8 heteroatoms. The van der Waals surface area contributed by atoms with Gasteiger partial charge >= 0.3 is 11.8 Å². The highest BCUT2D eigenvalue weighted by atomic mass is 19.1. The van der Waals surface area contributed by atoms with Crippen LogP contribution in [0.4, 0.5) is 9.18 Å². The Morgan fingerprint density at radius 1 is 0.963 bits per heavy atom. The first kappa shape index (κ1) is 18.0. The molecule has 0 saturated heterocycles. The van der Waals surface area contributed by atoms with Crippen LogP contribution in [0, 0.1) is 12.7 Å². The van der Waals surface area contributed by atoms with Crippen molar-refractivity contribution in [3.8, 4) is 5.75 Å². The average Bonchev–Trinajstić information content (AvgIpc) is 2.65. The molecule has 0 spiro atoms. The monoisotopic (exact) mass is 368 g/mol. The van der Waals surface area contributed by atoms with Crippen molar-refractivity contribution in [2.24, 2.45) is 0 Å². The van der Waals surface area contributed by atoms with Crippen LogP contribution in [0.5, 0.6) is 5.75 Å². The van der Waals surface area contributed by atoms with Crippen LogP contribution in [-0.4, -0.2) is 21.1 Å². The maximum Gasteiger partial charge on any atom is 0.427 e. The van der Waals surface area contributed by atoms with Crippen LogP contribution >= 0.6 is 0 Å². The van der Waals surface area contributed by atoms with Gasteiger partial charge in [-0.1, -0.05) is 36.4 Å². The summed E-state index contributed by atoms with van der Waals surface area (Å²) in [6.45, 7) is 1.60. The largest absolute Gasteiger partial charge is 0.427 e. The van der Waals surface area contributed by atoms with Crippen molar-refractivity contribution in [1.82, 2.24) is 9.13 Å². The van der Waals surface area contributed by atoms with Crippen LogP contribution in [0.1, 0.15) is 15.9 Å². The summed E-state index contributed by atoms with van der Waals surface area (Å²) in [4.78, 5) is 49.4. The minimum atomic E-state index is -1.45. The number of aromatic nitrogens is 2. The van der Waals surface area contributed by atoms with Crippen LogP contribution in [0.25, 0.3) is 0 Å². The van der Waals surface area contributed by atoms with Crippen LogP contribution in [0.3, 0.4) is 0 Å². The average molecular weight is 368 g/mol. The van der Waals surface area contributed by atoms with E-state index in [9.17, 15) is 23.6 Å². The van der Waals surface area contributed by atoms with E-state index in [4.69, 9.17) is 4.74 Å². The first-order valence-electron chi connectivity index (χ1n) is 7.82. The quantitative estimate of drug-likeness (QED) is 0.692. The molecule has 1 aromatic heterocycles. The van der Waals surface area contributed by atoms with Crippen molar-refractivity contribution in [2.75, 3.05) is 0 Å². The van der Waals surface area contributed by atoms with Gasteiger partial charge in [0.15, 0.2) is 0 Å². The Balaban J connectivity index is 2.10. The summed E-state index contributed by atoms with van der Waals surface area (Å²) in [5.41, 5.74) is -2.26. The Bertz CT molecular complexity index is 1150. The fourth-order valence-electron chi connectivity index (χ4n) is 2.41. The molecule has 0 fully saturated rings. The second kappa shape index (κ2) is 7.20. The van der Waals surface area contributed by atoms with Gasteiger partial charge in [0.2, 0.25) is 5.82 Å². The van der Waals surface area contributed by atoms with E-state index in [-0.39, 0.29) is 20.4 Å². The van der Waals surface area contributed by atoms with E-state index in [1.807, 2.05) is 0 Å². The highest BCUT2D eigenvalue weighted by Crippen LogP contribution is 2.10.